The highest BCUT2D eigenvalue weighted by molar-refractivity contribution is 5.39. The molecule has 1 aromatic rings. The number of anilines is 1. The molecular formula is C12H20N2. The topological polar surface area (TPSA) is 24.9 Å². The molecule has 0 aliphatic heterocycles. The molecule has 0 aliphatic carbocycles. The summed E-state index contributed by atoms with van der Waals surface area (Å²) < 4.78 is 0. The van der Waals surface area contributed by atoms with E-state index in [1.165, 1.54) is 32.1 Å². The molecule has 0 atom stereocenters. The monoisotopic (exact) mass is 192 g/mol. The SMILES string of the molecule is CCCCCCCNc1cccnc1. The van der Waals surface area contributed by atoms with Crippen LogP contribution in [0.1, 0.15) is 39.0 Å². The molecule has 1 N–H and O–H groups in total. The first kappa shape index (κ1) is 11.0. The highest BCUT2D eigenvalue weighted by Crippen LogP contribution is 2.05. The number of nitrogens with zero attached hydrogens (tertiary/aromatic N) is 1. The van der Waals surface area contributed by atoms with Crippen molar-refractivity contribution in [2.45, 2.75) is 39.0 Å². The van der Waals surface area contributed by atoms with E-state index in [1.54, 1.807) is 6.20 Å². The summed E-state index contributed by atoms with van der Waals surface area (Å²) >= 11 is 0. The number of nitrogens with one attached hydrogen (secondary N) is 1. The van der Waals surface area contributed by atoms with E-state index in [0.29, 0.717) is 0 Å². The van der Waals surface area contributed by atoms with Crippen LogP contribution in [-0.2, 0) is 0 Å². The maximum Gasteiger partial charge on any atom is 0.0526 e. The molecule has 0 saturated carbocycles. The zero-order valence-electron chi connectivity index (χ0n) is 9.00. The molecule has 0 spiro atoms. The lowest BCUT2D eigenvalue weighted by molar-refractivity contribution is 0.645. The predicted molar refractivity (Wildman–Crippen MR) is 61.5 cm³/mol. The van der Waals surface area contributed by atoms with Crippen LogP contribution < -0.4 is 5.32 Å². The Labute approximate surface area is 86.8 Å². The van der Waals surface area contributed by atoms with Gasteiger partial charge >= 0.3 is 0 Å². The molecule has 0 saturated heterocycles. The lowest BCUT2D eigenvalue weighted by atomic mass is 10.1. The zero-order chi connectivity index (χ0) is 10.1. The van der Waals surface area contributed by atoms with Crippen molar-refractivity contribution >= 4 is 5.69 Å². The van der Waals surface area contributed by atoms with E-state index >= 15 is 0 Å². The highest BCUT2D eigenvalue weighted by Gasteiger charge is 1.90. The Morgan fingerprint density at radius 3 is 2.79 bits per heavy atom. The molecule has 78 valence electrons. The van der Waals surface area contributed by atoms with Gasteiger partial charge in [-0.2, -0.15) is 0 Å². The van der Waals surface area contributed by atoms with Crippen molar-refractivity contribution in [3.63, 3.8) is 0 Å². The number of unbranched alkanes of at least 4 members (excludes halogenated alkanes) is 4. The molecular weight excluding hydrogens is 172 g/mol. The van der Waals surface area contributed by atoms with Crippen LogP contribution in [0.4, 0.5) is 5.69 Å². The predicted octanol–water partition coefficient (Wildman–Crippen LogP) is 3.46. The van der Waals surface area contributed by atoms with Crippen molar-refractivity contribution in [1.29, 1.82) is 0 Å². The van der Waals surface area contributed by atoms with Crippen molar-refractivity contribution in [1.82, 2.24) is 4.98 Å². The van der Waals surface area contributed by atoms with Crippen LogP contribution >= 0.6 is 0 Å². The summed E-state index contributed by atoms with van der Waals surface area (Å²) in [6.07, 6.45) is 10.3. The third-order valence-corrected chi connectivity index (χ3v) is 2.27. The van der Waals surface area contributed by atoms with Crippen LogP contribution in [-0.4, -0.2) is 11.5 Å². The molecule has 0 bridgehead atoms. The Balaban J connectivity index is 1.99. The summed E-state index contributed by atoms with van der Waals surface area (Å²) in [4.78, 5) is 4.05. The minimum Gasteiger partial charge on any atom is -0.384 e. The molecule has 1 heterocycles. The smallest absolute Gasteiger partial charge is 0.0526 e. The normalized spacial score (nSPS) is 10.1. The van der Waals surface area contributed by atoms with Gasteiger partial charge in [0.15, 0.2) is 0 Å². The van der Waals surface area contributed by atoms with Gasteiger partial charge in [-0.3, -0.25) is 4.98 Å². The van der Waals surface area contributed by atoms with Gasteiger partial charge in [-0.05, 0) is 18.6 Å². The van der Waals surface area contributed by atoms with Gasteiger partial charge in [-0.25, -0.2) is 0 Å². The Kier molecular flexibility index (Phi) is 5.80. The van der Waals surface area contributed by atoms with Gasteiger partial charge in [-0.15, -0.1) is 0 Å². The second-order valence-electron chi connectivity index (χ2n) is 3.58. The minimum absolute atomic E-state index is 1.06. The lowest BCUT2D eigenvalue weighted by Gasteiger charge is -2.04. The zero-order valence-corrected chi connectivity index (χ0v) is 9.00. The fourth-order valence-corrected chi connectivity index (χ4v) is 1.43. The molecule has 0 aliphatic rings. The molecule has 1 rings (SSSR count). The van der Waals surface area contributed by atoms with Crippen LogP contribution in [0.2, 0.25) is 0 Å². The van der Waals surface area contributed by atoms with Crippen molar-refractivity contribution in [2.24, 2.45) is 0 Å². The van der Waals surface area contributed by atoms with Gasteiger partial charge in [0.2, 0.25) is 0 Å². The quantitative estimate of drug-likeness (QED) is 0.669. The van der Waals surface area contributed by atoms with E-state index in [1.807, 2.05) is 12.3 Å². The number of aromatic nitrogens is 1. The van der Waals surface area contributed by atoms with E-state index < -0.39 is 0 Å². The van der Waals surface area contributed by atoms with E-state index in [4.69, 9.17) is 0 Å². The fourth-order valence-electron chi connectivity index (χ4n) is 1.43. The first-order chi connectivity index (χ1) is 6.93. The standard InChI is InChI=1S/C12H20N2/c1-2-3-4-5-6-10-14-12-8-7-9-13-11-12/h7-9,11,14H,2-6,10H2,1H3. The average Bonchev–Trinajstić information content (AvgIpc) is 2.25. The number of hydrogen-bond acceptors (Lipinski definition) is 2. The summed E-state index contributed by atoms with van der Waals surface area (Å²) in [5, 5.41) is 3.36. The highest BCUT2D eigenvalue weighted by atomic mass is 14.9. The molecule has 0 radical (unpaired) electrons. The number of rotatable bonds is 7. The molecule has 0 fully saturated rings. The second kappa shape index (κ2) is 7.36. The Morgan fingerprint density at radius 1 is 1.21 bits per heavy atom. The van der Waals surface area contributed by atoms with E-state index in [2.05, 4.69) is 23.3 Å². The molecule has 2 nitrogen and oxygen atoms in total. The summed E-state index contributed by atoms with van der Waals surface area (Å²) in [6.45, 7) is 3.31. The van der Waals surface area contributed by atoms with Crippen molar-refractivity contribution in [3.05, 3.63) is 24.5 Å². The summed E-state index contributed by atoms with van der Waals surface area (Å²) in [7, 11) is 0. The van der Waals surface area contributed by atoms with Crippen molar-refractivity contribution < 1.29 is 0 Å². The summed E-state index contributed by atoms with van der Waals surface area (Å²) in [5.74, 6) is 0. The Bertz CT molecular complexity index is 221. The van der Waals surface area contributed by atoms with Crippen LogP contribution in [0.5, 0.6) is 0 Å². The van der Waals surface area contributed by atoms with Crippen LogP contribution in [0.25, 0.3) is 0 Å². The molecule has 0 aromatic carbocycles. The van der Waals surface area contributed by atoms with Gasteiger partial charge in [0.25, 0.3) is 0 Å². The van der Waals surface area contributed by atoms with Crippen molar-refractivity contribution in [3.8, 4) is 0 Å². The summed E-state index contributed by atoms with van der Waals surface area (Å²) in [6, 6.07) is 4.01. The van der Waals surface area contributed by atoms with Crippen LogP contribution in [0.3, 0.4) is 0 Å². The number of pyridine rings is 1. The largest absolute Gasteiger partial charge is 0.384 e. The maximum absolute atomic E-state index is 4.05. The van der Waals surface area contributed by atoms with Gasteiger partial charge in [-0.1, -0.05) is 32.6 Å². The lowest BCUT2D eigenvalue weighted by Crippen LogP contribution is -2.01. The van der Waals surface area contributed by atoms with Gasteiger partial charge in [0.05, 0.1) is 5.69 Å². The van der Waals surface area contributed by atoms with Crippen molar-refractivity contribution in [2.75, 3.05) is 11.9 Å². The van der Waals surface area contributed by atoms with E-state index in [9.17, 15) is 0 Å². The summed E-state index contributed by atoms with van der Waals surface area (Å²) in [5.41, 5.74) is 1.13. The maximum atomic E-state index is 4.05. The first-order valence-electron chi connectivity index (χ1n) is 5.57. The van der Waals surface area contributed by atoms with Gasteiger partial charge in [0.1, 0.15) is 0 Å². The molecule has 2 heteroatoms. The molecule has 1 aromatic heterocycles. The number of hydrogen-bond donors (Lipinski definition) is 1. The Morgan fingerprint density at radius 2 is 2.07 bits per heavy atom. The molecule has 0 unspecified atom stereocenters. The fraction of sp³-hybridized carbons (Fsp3) is 0.583. The van der Waals surface area contributed by atoms with E-state index in [0.717, 1.165) is 12.2 Å². The average molecular weight is 192 g/mol. The third kappa shape index (κ3) is 4.85. The van der Waals surface area contributed by atoms with Crippen LogP contribution in [0, 0.1) is 0 Å². The van der Waals surface area contributed by atoms with E-state index in [-0.39, 0.29) is 0 Å². The first-order valence-corrected chi connectivity index (χ1v) is 5.57. The second-order valence-corrected chi connectivity index (χ2v) is 3.58. The molecule has 0 amide bonds. The molecule has 14 heavy (non-hydrogen) atoms. The van der Waals surface area contributed by atoms with Gasteiger partial charge < -0.3 is 5.32 Å². The Hall–Kier alpha value is -1.05. The third-order valence-electron chi connectivity index (χ3n) is 2.27. The van der Waals surface area contributed by atoms with Gasteiger partial charge in [0, 0.05) is 18.9 Å². The minimum atomic E-state index is 1.06. The van der Waals surface area contributed by atoms with Crippen LogP contribution in [0.15, 0.2) is 24.5 Å².